The molecule has 0 saturated carbocycles. The quantitative estimate of drug-likeness (QED) is 0.393. The molecule has 1 aliphatic rings. The summed E-state index contributed by atoms with van der Waals surface area (Å²) in [5.41, 5.74) is 11.6. The molecule has 126 valence electrons. The SMILES string of the molecule is Cc1[c-]c2c(cc1C(C)(C)C)-c1cc(C(C)(C)C)c(C)cc1C2.[Zr]. The molecule has 0 bridgehead atoms. The number of hydrogen-bond acceptors (Lipinski definition) is 0. The van der Waals surface area contributed by atoms with E-state index in [0.29, 0.717) is 0 Å². The van der Waals surface area contributed by atoms with Crippen molar-refractivity contribution in [3.8, 4) is 11.1 Å². The predicted octanol–water partition coefficient (Wildman–Crippen LogP) is 6.27. The Labute approximate surface area is 167 Å². The second-order valence-corrected chi connectivity index (χ2v) is 9.20. The van der Waals surface area contributed by atoms with E-state index in [9.17, 15) is 0 Å². The second-order valence-electron chi connectivity index (χ2n) is 9.20. The van der Waals surface area contributed by atoms with Gasteiger partial charge in [0.25, 0.3) is 0 Å². The van der Waals surface area contributed by atoms with Crippen molar-refractivity contribution in [1.82, 2.24) is 0 Å². The van der Waals surface area contributed by atoms with E-state index in [0.717, 1.165) is 6.42 Å². The molecule has 1 aliphatic carbocycles. The molecule has 0 nitrogen and oxygen atoms in total. The van der Waals surface area contributed by atoms with Gasteiger partial charge in [0.05, 0.1) is 0 Å². The number of benzene rings is 2. The van der Waals surface area contributed by atoms with Crippen LogP contribution in [0.4, 0.5) is 0 Å². The van der Waals surface area contributed by atoms with Crippen LogP contribution >= 0.6 is 0 Å². The van der Waals surface area contributed by atoms with Gasteiger partial charge in [0, 0.05) is 26.2 Å². The van der Waals surface area contributed by atoms with Gasteiger partial charge >= 0.3 is 0 Å². The molecule has 0 fully saturated rings. The Bertz CT molecular complexity index is 716. The first-order chi connectivity index (χ1) is 10.5. The van der Waals surface area contributed by atoms with E-state index in [1.165, 1.54) is 44.5 Å². The van der Waals surface area contributed by atoms with Gasteiger partial charge in [-0.3, -0.25) is 0 Å². The number of fused-ring (bicyclic) bond motifs is 3. The summed E-state index contributed by atoms with van der Waals surface area (Å²) in [6.45, 7) is 18.2. The van der Waals surface area contributed by atoms with E-state index in [4.69, 9.17) is 0 Å². The third-order valence-corrected chi connectivity index (χ3v) is 5.08. The van der Waals surface area contributed by atoms with Crippen LogP contribution in [-0.2, 0) is 43.5 Å². The molecular weight excluding hydrogens is 367 g/mol. The summed E-state index contributed by atoms with van der Waals surface area (Å²) in [7, 11) is 0. The van der Waals surface area contributed by atoms with Crippen molar-refractivity contribution in [2.24, 2.45) is 0 Å². The number of rotatable bonds is 0. The molecule has 0 atom stereocenters. The summed E-state index contributed by atoms with van der Waals surface area (Å²) < 4.78 is 0. The van der Waals surface area contributed by atoms with Crippen LogP contribution in [0.2, 0.25) is 0 Å². The van der Waals surface area contributed by atoms with Crippen molar-refractivity contribution >= 4 is 0 Å². The van der Waals surface area contributed by atoms with Gasteiger partial charge in [-0.2, -0.15) is 17.7 Å². The van der Waals surface area contributed by atoms with Gasteiger partial charge in [0.2, 0.25) is 0 Å². The fourth-order valence-electron chi connectivity index (χ4n) is 4.02. The van der Waals surface area contributed by atoms with Crippen LogP contribution in [0.1, 0.15) is 74.9 Å². The summed E-state index contributed by atoms with van der Waals surface area (Å²) in [4.78, 5) is 0. The predicted molar refractivity (Wildman–Crippen MR) is 100 cm³/mol. The minimum absolute atomic E-state index is 0. The smallest absolute Gasteiger partial charge is 0 e. The van der Waals surface area contributed by atoms with Crippen LogP contribution in [-0.4, -0.2) is 0 Å². The van der Waals surface area contributed by atoms with Gasteiger partial charge in [0.1, 0.15) is 0 Å². The molecule has 1 heteroatoms. The zero-order valence-corrected chi connectivity index (χ0v) is 18.9. The van der Waals surface area contributed by atoms with E-state index in [-0.39, 0.29) is 37.0 Å². The minimum atomic E-state index is 0. The van der Waals surface area contributed by atoms with Crippen LogP contribution in [0, 0.1) is 19.9 Å². The zero-order chi connectivity index (χ0) is 17.2. The Balaban J connectivity index is 0.00000208. The third-order valence-electron chi connectivity index (χ3n) is 5.08. The Morgan fingerprint density at radius 2 is 1.33 bits per heavy atom. The van der Waals surface area contributed by atoms with Crippen molar-refractivity contribution in [2.75, 3.05) is 0 Å². The van der Waals surface area contributed by atoms with Crippen LogP contribution < -0.4 is 0 Å². The third kappa shape index (κ3) is 3.34. The van der Waals surface area contributed by atoms with Crippen molar-refractivity contribution < 1.29 is 26.2 Å². The summed E-state index contributed by atoms with van der Waals surface area (Å²) in [5, 5.41) is 0. The molecule has 0 aromatic heterocycles. The normalized spacial score (nSPS) is 13.3. The van der Waals surface area contributed by atoms with Crippen molar-refractivity contribution in [3.63, 3.8) is 0 Å². The molecular formula is C23H29Zr-. The van der Waals surface area contributed by atoms with Gasteiger partial charge < -0.3 is 0 Å². The molecule has 0 unspecified atom stereocenters. The van der Waals surface area contributed by atoms with Crippen LogP contribution in [0.3, 0.4) is 0 Å². The van der Waals surface area contributed by atoms with Crippen molar-refractivity contribution in [2.45, 2.75) is 72.6 Å². The molecule has 0 aliphatic heterocycles. The molecule has 0 radical (unpaired) electrons. The minimum Gasteiger partial charge on any atom is -0.176 e. The Morgan fingerprint density at radius 3 is 1.88 bits per heavy atom. The first-order valence-corrected chi connectivity index (χ1v) is 8.69. The van der Waals surface area contributed by atoms with Gasteiger partial charge in [-0.15, -0.1) is 16.7 Å². The van der Waals surface area contributed by atoms with E-state index < -0.39 is 0 Å². The maximum atomic E-state index is 3.69. The van der Waals surface area contributed by atoms with E-state index in [1.54, 1.807) is 0 Å². The first-order valence-electron chi connectivity index (χ1n) is 8.69. The Hall–Kier alpha value is -0.677. The largest absolute Gasteiger partial charge is 0.176 e. The van der Waals surface area contributed by atoms with E-state index >= 15 is 0 Å². The van der Waals surface area contributed by atoms with Gasteiger partial charge in [0.15, 0.2) is 0 Å². The molecule has 3 rings (SSSR count). The first kappa shape index (κ1) is 19.6. The van der Waals surface area contributed by atoms with Gasteiger partial charge in [-0.05, 0) is 35.4 Å². The Morgan fingerprint density at radius 1 is 0.792 bits per heavy atom. The maximum absolute atomic E-state index is 3.69. The summed E-state index contributed by atoms with van der Waals surface area (Å²) in [6.07, 6.45) is 1.03. The average molecular weight is 397 g/mol. The van der Waals surface area contributed by atoms with Crippen LogP contribution in [0.5, 0.6) is 0 Å². The van der Waals surface area contributed by atoms with E-state index in [1.807, 2.05) is 0 Å². The average Bonchev–Trinajstić information content (AvgIpc) is 2.70. The molecule has 2 aromatic rings. The van der Waals surface area contributed by atoms with Crippen LogP contribution in [0.15, 0.2) is 18.2 Å². The molecule has 0 N–H and O–H groups in total. The zero-order valence-electron chi connectivity index (χ0n) is 16.4. The topological polar surface area (TPSA) is 0 Å². The fourth-order valence-corrected chi connectivity index (χ4v) is 4.02. The molecule has 0 spiro atoms. The van der Waals surface area contributed by atoms with Gasteiger partial charge in [-0.25, -0.2) is 0 Å². The maximum Gasteiger partial charge on any atom is 0 e. The van der Waals surface area contributed by atoms with Crippen LogP contribution in [0.25, 0.3) is 11.1 Å². The molecule has 0 saturated heterocycles. The monoisotopic (exact) mass is 395 g/mol. The molecule has 0 heterocycles. The molecule has 2 aromatic carbocycles. The summed E-state index contributed by atoms with van der Waals surface area (Å²) >= 11 is 0. The Kier molecular flexibility index (Phi) is 5.11. The number of aryl methyl sites for hydroxylation is 2. The van der Waals surface area contributed by atoms with Crippen molar-refractivity contribution in [3.05, 3.63) is 57.6 Å². The van der Waals surface area contributed by atoms with E-state index in [2.05, 4.69) is 79.7 Å². The van der Waals surface area contributed by atoms with Crippen molar-refractivity contribution in [1.29, 1.82) is 0 Å². The number of hydrogen-bond donors (Lipinski definition) is 0. The van der Waals surface area contributed by atoms with Gasteiger partial charge in [-0.1, -0.05) is 71.6 Å². The second kappa shape index (κ2) is 6.24. The fraction of sp³-hybridized carbons (Fsp3) is 0.478. The summed E-state index contributed by atoms with van der Waals surface area (Å²) in [6, 6.07) is 10.9. The molecule has 0 amide bonds. The standard InChI is InChI=1S/C23H29.Zr/c1-14-9-16-11-17-10-15(2)21(23(6,7)8)13-19(17)18(16)12-20(14)22(3,4)5;/h9,12-13H,11H2,1-8H3;/q-1;. The summed E-state index contributed by atoms with van der Waals surface area (Å²) in [5.74, 6) is 0. The molecule has 24 heavy (non-hydrogen) atoms.